The first-order valence-corrected chi connectivity index (χ1v) is 10.9. The topological polar surface area (TPSA) is 100 Å². The van der Waals surface area contributed by atoms with E-state index < -0.39 is 28.6 Å². The molecule has 0 aliphatic rings. The summed E-state index contributed by atoms with van der Waals surface area (Å²) in [4.78, 5) is 24.6. The third-order valence-corrected chi connectivity index (χ3v) is 5.14. The Morgan fingerprint density at radius 2 is 1.73 bits per heavy atom. The third-order valence-electron chi connectivity index (χ3n) is 4.81. The smallest absolute Gasteiger partial charge is 0.417 e. The molecule has 0 atom stereocenters. The van der Waals surface area contributed by atoms with E-state index >= 15 is 0 Å². The van der Waals surface area contributed by atoms with E-state index in [2.05, 4.69) is 10.6 Å². The van der Waals surface area contributed by atoms with Crippen molar-refractivity contribution in [1.82, 2.24) is 0 Å². The van der Waals surface area contributed by atoms with E-state index in [1.165, 1.54) is 37.5 Å². The van der Waals surface area contributed by atoms with Crippen molar-refractivity contribution in [2.45, 2.75) is 6.18 Å². The van der Waals surface area contributed by atoms with Crippen LogP contribution in [0, 0.1) is 11.3 Å². The first kappa shape index (κ1) is 27.1. The molecule has 3 rings (SSSR count). The van der Waals surface area contributed by atoms with Gasteiger partial charge in [0.2, 0.25) is 0 Å². The Morgan fingerprint density at radius 3 is 2.38 bits per heavy atom. The van der Waals surface area contributed by atoms with Crippen molar-refractivity contribution in [3.63, 3.8) is 0 Å². The van der Waals surface area contributed by atoms with Gasteiger partial charge in [0, 0.05) is 11.4 Å². The maximum atomic E-state index is 13.1. The monoisotopic (exact) mass is 529 g/mol. The van der Waals surface area contributed by atoms with Crippen molar-refractivity contribution in [3.05, 3.63) is 88.5 Å². The molecule has 0 spiro atoms. The number of alkyl halides is 3. The molecule has 0 aromatic heterocycles. The highest BCUT2D eigenvalue weighted by Crippen LogP contribution is 2.36. The SMILES string of the molecule is COc1cc(C=C(C#N)C(=O)Nc2ccc(Cl)c(C(F)(F)F)c2)ccc1OCC(=O)Nc1ccccc1. The highest BCUT2D eigenvalue weighted by Gasteiger charge is 2.33. The molecule has 0 saturated carbocycles. The summed E-state index contributed by atoms with van der Waals surface area (Å²) in [5, 5.41) is 13.8. The van der Waals surface area contributed by atoms with Crippen LogP contribution in [0.15, 0.2) is 72.3 Å². The van der Waals surface area contributed by atoms with Crippen LogP contribution in [0.25, 0.3) is 6.08 Å². The van der Waals surface area contributed by atoms with Gasteiger partial charge in [0.25, 0.3) is 11.8 Å². The van der Waals surface area contributed by atoms with Crippen LogP contribution in [-0.2, 0) is 15.8 Å². The number of ether oxygens (including phenoxy) is 2. The molecule has 2 N–H and O–H groups in total. The zero-order valence-corrected chi connectivity index (χ0v) is 20.0. The van der Waals surface area contributed by atoms with Crippen molar-refractivity contribution in [2.24, 2.45) is 0 Å². The molecule has 0 aliphatic heterocycles. The van der Waals surface area contributed by atoms with E-state index in [1.54, 1.807) is 30.3 Å². The Morgan fingerprint density at radius 1 is 1.00 bits per heavy atom. The third kappa shape index (κ3) is 7.49. The number of para-hydroxylation sites is 1. The Kier molecular flexibility index (Phi) is 8.77. The molecule has 11 heteroatoms. The minimum absolute atomic E-state index is 0.182. The predicted molar refractivity (Wildman–Crippen MR) is 132 cm³/mol. The molecular weight excluding hydrogens is 511 g/mol. The number of nitriles is 1. The minimum atomic E-state index is -4.71. The van der Waals surface area contributed by atoms with Crippen LogP contribution >= 0.6 is 11.6 Å². The summed E-state index contributed by atoms with van der Waals surface area (Å²) in [6.07, 6.45) is -3.49. The second-order valence-corrected chi connectivity index (χ2v) is 7.84. The second kappa shape index (κ2) is 12.0. The van der Waals surface area contributed by atoms with E-state index in [0.717, 1.165) is 6.07 Å². The lowest BCUT2D eigenvalue weighted by molar-refractivity contribution is -0.137. The summed E-state index contributed by atoms with van der Waals surface area (Å²) < 4.78 is 50.0. The van der Waals surface area contributed by atoms with Gasteiger partial charge < -0.3 is 20.1 Å². The van der Waals surface area contributed by atoms with Crippen molar-refractivity contribution in [2.75, 3.05) is 24.4 Å². The fourth-order valence-electron chi connectivity index (χ4n) is 3.09. The summed E-state index contributed by atoms with van der Waals surface area (Å²) in [6, 6.07) is 17.9. The molecule has 3 aromatic carbocycles. The first-order chi connectivity index (χ1) is 17.6. The van der Waals surface area contributed by atoms with Crippen molar-refractivity contribution in [3.8, 4) is 17.6 Å². The molecule has 0 heterocycles. The summed E-state index contributed by atoms with van der Waals surface area (Å²) >= 11 is 5.59. The first-order valence-electron chi connectivity index (χ1n) is 10.6. The van der Waals surface area contributed by atoms with Crippen molar-refractivity contribution < 1.29 is 32.2 Å². The number of methoxy groups -OCH3 is 1. The molecule has 0 radical (unpaired) electrons. The number of rotatable bonds is 8. The Labute approximate surface area is 215 Å². The van der Waals surface area contributed by atoms with Gasteiger partial charge in [-0.2, -0.15) is 18.4 Å². The van der Waals surface area contributed by atoms with Gasteiger partial charge in [0.15, 0.2) is 18.1 Å². The van der Waals surface area contributed by atoms with Crippen LogP contribution in [0.3, 0.4) is 0 Å². The van der Waals surface area contributed by atoms with Crippen LogP contribution in [-0.4, -0.2) is 25.5 Å². The van der Waals surface area contributed by atoms with E-state index in [4.69, 9.17) is 21.1 Å². The van der Waals surface area contributed by atoms with Gasteiger partial charge in [-0.3, -0.25) is 9.59 Å². The van der Waals surface area contributed by atoms with Crippen LogP contribution in [0.2, 0.25) is 5.02 Å². The summed E-state index contributed by atoms with van der Waals surface area (Å²) in [6.45, 7) is -0.298. The van der Waals surface area contributed by atoms with Gasteiger partial charge in [-0.15, -0.1) is 0 Å². The molecule has 190 valence electrons. The molecular formula is C26H19ClF3N3O4. The van der Waals surface area contributed by atoms with Crippen LogP contribution in [0.5, 0.6) is 11.5 Å². The standard InChI is InChI=1S/C26H19ClF3N3O4/c1-36-23-12-16(7-10-22(23)37-15-24(34)32-18-5-3-2-4-6-18)11-17(14-31)25(35)33-19-8-9-21(27)20(13-19)26(28,29)30/h2-13H,15H2,1H3,(H,32,34)(H,33,35). The summed E-state index contributed by atoms with van der Waals surface area (Å²) in [5.41, 5.74) is -0.692. The number of carbonyl (C=O) groups is 2. The van der Waals surface area contributed by atoms with Crippen LogP contribution < -0.4 is 20.1 Å². The molecule has 7 nitrogen and oxygen atoms in total. The lowest BCUT2D eigenvalue weighted by atomic mass is 10.1. The highest BCUT2D eigenvalue weighted by molar-refractivity contribution is 6.31. The molecule has 0 unspecified atom stereocenters. The molecule has 0 bridgehead atoms. The average Bonchev–Trinajstić information content (AvgIpc) is 2.87. The Hall–Kier alpha value is -4.49. The fraction of sp³-hybridized carbons (Fsp3) is 0.115. The molecule has 0 saturated heterocycles. The lowest BCUT2D eigenvalue weighted by Gasteiger charge is -2.12. The lowest BCUT2D eigenvalue weighted by Crippen LogP contribution is -2.20. The van der Waals surface area contributed by atoms with Gasteiger partial charge in [0.05, 0.1) is 17.7 Å². The second-order valence-electron chi connectivity index (χ2n) is 7.43. The number of benzene rings is 3. The van der Waals surface area contributed by atoms with E-state index in [-0.39, 0.29) is 29.4 Å². The Bertz CT molecular complexity index is 1370. The van der Waals surface area contributed by atoms with Gasteiger partial charge >= 0.3 is 6.18 Å². The number of carbonyl (C=O) groups excluding carboxylic acids is 2. The molecule has 2 amide bonds. The number of halogens is 4. The minimum Gasteiger partial charge on any atom is -0.493 e. The number of amides is 2. The van der Waals surface area contributed by atoms with Gasteiger partial charge in [0.1, 0.15) is 11.6 Å². The quantitative estimate of drug-likeness (QED) is 0.278. The van der Waals surface area contributed by atoms with E-state index in [9.17, 15) is 28.0 Å². The van der Waals surface area contributed by atoms with E-state index in [1.807, 2.05) is 6.07 Å². The average molecular weight is 530 g/mol. The number of hydrogen-bond donors (Lipinski definition) is 2. The Balaban J connectivity index is 1.71. The highest BCUT2D eigenvalue weighted by atomic mass is 35.5. The number of anilines is 2. The van der Waals surface area contributed by atoms with Crippen molar-refractivity contribution >= 4 is 40.9 Å². The zero-order chi connectivity index (χ0) is 27.0. The summed E-state index contributed by atoms with van der Waals surface area (Å²) in [5.74, 6) is -0.843. The number of hydrogen-bond acceptors (Lipinski definition) is 5. The van der Waals surface area contributed by atoms with Crippen LogP contribution in [0.1, 0.15) is 11.1 Å². The predicted octanol–water partition coefficient (Wildman–Crippen LogP) is 5.93. The van der Waals surface area contributed by atoms with Gasteiger partial charge in [-0.25, -0.2) is 0 Å². The fourth-order valence-corrected chi connectivity index (χ4v) is 3.31. The number of nitrogens with one attached hydrogen (secondary N) is 2. The molecule has 0 fully saturated rings. The van der Waals surface area contributed by atoms with Crippen molar-refractivity contribution in [1.29, 1.82) is 5.26 Å². The zero-order valence-electron chi connectivity index (χ0n) is 19.2. The molecule has 3 aromatic rings. The molecule has 37 heavy (non-hydrogen) atoms. The van der Waals surface area contributed by atoms with Crippen LogP contribution in [0.4, 0.5) is 24.5 Å². The molecule has 0 aliphatic carbocycles. The van der Waals surface area contributed by atoms with E-state index in [0.29, 0.717) is 17.3 Å². The van der Waals surface area contributed by atoms with Gasteiger partial charge in [-0.1, -0.05) is 35.9 Å². The maximum absolute atomic E-state index is 13.1. The number of nitrogens with zero attached hydrogens (tertiary/aromatic N) is 1. The largest absolute Gasteiger partial charge is 0.493 e. The van der Waals surface area contributed by atoms with Gasteiger partial charge in [-0.05, 0) is 54.1 Å². The summed E-state index contributed by atoms with van der Waals surface area (Å²) in [7, 11) is 1.37. The normalized spacial score (nSPS) is 11.3. The maximum Gasteiger partial charge on any atom is 0.417 e.